The molecule has 0 amide bonds. The maximum absolute atomic E-state index is 6.52. The Balaban J connectivity index is 0.949. The van der Waals surface area contributed by atoms with E-state index in [0.717, 1.165) is 33.8 Å². The van der Waals surface area contributed by atoms with Crippen molar-refractivity contribution in [3.8, 4) is 33.4 Å². The van der Waals surface area contributed by atoms with E-state index in [0.29, 0.717) is 0 Å². The first-order valence-electron chi connectivity index (χ1n) is 20.1. The van der Waals surface area contributed by atoms with Crippen LogP contribution in [0.2, 0.25) is 0 Å². The summed E-state index contributed by atoms with van der Waals surface area (Å²) in [5, 5.41) is 10.0. The van der Waals surface area contributed by atoms with Crippen molar-refractivity contribution in [2.45, 2.75) is 0 Å². The standard InChI is InChI=1S/C56H35NOS/c1-2-9-36(10-3-1)37-19-26-43(27-20-37)57(44-28-21-38(22-29-44)41-25-32-47-42(35-41)18-17-39-11-4-5-12-46(39)47)45-30-23-40(24-31-45)48-14-8-15-51-54(48)55-52(58-51)34-33-50-49-13-6-7-16-53(49)59-56(50)55/h1-35H. The van der Waals surface area contributed by atoms with Crippen LogP contribution >= 0.6 is 11.3 Å². The molecule has 12 aromatic rings. The lowest BCUT2D eigenvalue weighted by molar-refractivity contribution is 0.669. The van der Waals surface area contributed by atoms with E-state index in [1.165, 1.54) is 80.3 Å². The number of hydrogen-bond donors (Lipinski definition) is 0. The molecule has 2 heterocycles. The average molecular weight is 770 g/mol. The van der Waals surface area contributed by atoms with Gasteiger partial charge in [-0.1, -0.05) is 146 Å². The number of benzene rings is 10. The molecule has 276 valence electrons. The smallest absolute Gasteiger partial charge is 0.136 e. The van der Waals surface area contributed by atoms with Crippen LogP contribution in [0.4, 0.5) is 17.1 Å². The van der Waals surface area contributed by atoms with Crippen LogP contribution < -0.4 is 4.90 Å². The quantitative estimate of drug-likeness (QED) is 0.157. The Bertz CT molecular complexity index is 3530. The summed E-state index contributed by atoms with van der Waals surface area (Å²) in [5.41, 5.74) is 12.2. The van der Waals surface area contributed by atoms with Gasteiger partial charge in [-0.2, -0.15) is 0 Å². The van der Waals surface area contributed by atoms with Crippen molar-refractivity contribution in [2.75, 3.05) is 4.90 Å². The zero-order valence-electron chi connectivity index (χ0n) is 32.0. The van der Waals surface area contributed by atoms with Crippen molar-refractivity contribution >= 4 is 92.1 Å². The third-order valence-electron chi connectivity index (χ3n) is 11.9. The van der Waals surface area contributed by atoms with Crippen molar-refractivity contribution in [1.82, 2.24) is 0 Å². The Morgan fingerprint density at radius 1 is 0.339 bits per heavy atom. The van der Waals surface area contributed by atoms with E-state index < -0.39 is 0 Å². The molecule has 0 bridgehead atoms. The molecule has 0 fully saturated rings. The Labute approximate surface area is 345 Å². The molecule has 0 unspecified atom stereocenters. The minimum atomic E-state index is 0.909. The summed E-state index contributed by atoms with van der Waals surface area (Å²) in [5.74, 6) is 0. The molecule has 3 heteroatoms. The number of anilines is 3. The molecule has 2 aromatic heterocycles. The fourth-order valence-electron chi connectivity index (χ4n) is 8.99. The van der Waals surface area contributed by atoms with Gasteiger partial charge in [-0.25, -0.2) is 0 Å². The van der Waals surface area contributed by atoms with Crippen LogP contribution in [0.3, 0.4) is 0 Å². The number of thiophene rings is 1. The van der Waals surface area contributed by atoms with Gasteiger partial charge in [-0.15, -0.1) is 11.3 Å². The number of rotatable bonds is 6. The van der Waals surface area contributed by atoms with Gasteiger partial charge in [-0.05, 0) is 122 Å². The lowest BCUT2D eigenvalue weighted by Gasteiger charge is -2.26. The van der Waals surface area contributed by atoms with Crippen LogP contribution in [0.15, 0.2) is 217 Å². The molecule has 0 saturated carbocycles. The first-order chi connectivity index (χ1) is 29.2. The van der Waals surface area contributed by atoms with E-state index in [4.69, 9.17) is 4.42 Å². The fourth-order valence-corrected chi connectivity index (χ4v) is 10.2. The second-order valence-corrected chi connectivity index (χ2v) is 16.3. The van der Waals surface area contributed by atoms with Gasteiger partial charge in [-0.3, -0.25) is 0 Å². The third-order valence-corrected chi connectivity index (χ3v) is 13.1. The van der Waals surface area contributed by atoms with Gasteiger partial charge < -0.3 is 9.32 Å². The van der Waals surface area contributed by atoms with E-state index in [2.05, 4.69) is 217 Å². The Hall–Kier alpha value is -7.46. The van der Waals surface area contributed by atoms with Crippen molar-refractivity contribution in [3.05, 3.63) is 212 Å². The Morgan fingerprint density at radius 3 is 1.66 bits per heavy atom. The van der Waals surface area contributed by atoms with Gasteiger partial charge in [0.05, 0.1) is 0 Å². The number of nitrogens with zero attached hydrogens (tertiary/aromatic N) is 1. The van der Waals surface area contributed by atoms with Gasteiger partial charge in [0.25, 0.3) is 0 Å². The SMILES string of the molecule is c1ccc(-c2ccc(N(c3ccc(-c4ccc5c(ccc6ccccc65)c4)cc3)c3ccc(-c4cccc5oc6ccc7c8ccccc8sc7c6c45)cc3)cc2)cc1. The Kier molecular flexibility index (Phi) is 7.75. The van der Waals surface area contributed by atoms with Gasteiger partial charge in [0, 0.05) is 48.0 Å². The highest BCUT2D eigenvalue weighted by atomic mass is 32.1. The van der Waals surface area contributed by atoms with Crippen LogP contribution in [0.25, 0.3) is 97.0 Å². The van der Waals surface area contributed by atoms with E-state index in [1.54, 1.807) is 0 Å². The topological polar surface area (TPSA) is 16.4 Å². The predicted molar refractivity (Wildman–Crippen MR) is 253 cm³/mol. The highest BCUT2D eigenvalue weighted by Gasteiger charge is 2.19. The largest absolute Gasteiger partial charge is 0.456 e. The van der Waals surface area contributed by atoms with Crippen LogP contribution in [0.1, 0.15) is 0 Å². The van der Waals surface area contributed by atoms with Gasteiger partial charge in [0.2, 0.25) is 0 Å². The molecule has 12 rings (SSSR count). The first-order valence-corrected chi connectivity index (χ1v) is 20.9. The number of hydrogen-bond acceptors (Lipinski definition) is 3. The number of furan rings is 1. The van der Waals surface area contributed by atoms with Crippen LogP contribution in [-0.2, 0) is 0 Å². The van der Waals surface area contributed by atoms with E-state index in [1.807, 2.05) is 11.3 Å². The molecule has 59 heavy (non-hydrogen) atoms. The predicted octanol–water partition coefficient (Wildman–Crippen LogP) is 16.7. The first kappa shape index (κ1) is 33.7. The summed E-state index contributed by atoms with van der Waals surface area (Å²) in [6, 6.07) is 76.8. The van der Waals surface area contributed by atoms with Crippen molar-refractivity contribution in [1.29, 1.82) is 0 Å². The summed E-state index contributed by atoms with van der Waals surface area (Å²) >= 11 is 1.85. The molecular formula is C56H35NOS. The lowest BCUT2D eigenvalue weighted by atomic mass is 9.97. The zero-order chi connectivity index (χ0) is 38.9. The van der Waals surface area contributed by atoms with Gasteiger partial charge in [0.1, 0.15) is 11.2 Å². The minimum absolute atomic E-state index is 0.909. The molecule has 0 atom stereocenters. The van der Waals surface area contributed by atoms with Crippen molar-refractivity contribution < 1.29 is 4.42 Å². The molecule has 0 aliphatic rings. The van der Waals surface area contributed by atoms with Crippen molar-refractivity contribution in [2.24, 2.45) is 0 Å². The monoisotopic (exact) mass is 769 g/mol. The maximum Gasteiger partial charge on any atom is 0.136 e. The highest BCUT2D eigenvalue weighted by Crippen LogP contribution is 2.46. The van der Waals surface area contributed by atoms with Gasteiger partial charge in [0.15, 0.2) is 0 Å². The second kappa shape index (κ2) is 13.6. The second-order valence-electron chi connectivity index (χ2n) is 15.3. The van der Waals surface area contributed by atoms with E-state index in [9.17, 15) is 0 Å². The fraction of sp³-hybridized carbons (Fsp3) is 0. The molecular weight excluding hydrogens is 735 g/mol. The normalized spacial score (nSPS) is 11.7. The molecule has 0 aliphatic carbocycles. The van der Waals surface area contributed by atoms with Gasteiger partial charge >= 0.3 is 0 Å². The van der Waals surface area contributed by atoms with E-state index >= 15 is 0 Å². The average Bonchev–Trinajstić information content (AvgIpc) is 3.89. The van der Waals surface area contributed by atoms with Crippen molar-refractivity contribution in [3.63, 3.8) is 0 Å². The summed E-state index contributed by atoms with van der Waals surface area (Å²) in [7, 11) is 0. The molecule has 0 aliphatic heterocycles. The third kappa shape index (κ3) is 5.62. The summed E-state index contributed by atoms with van der Waals surface area (Å²) in [6.45, 7) is 0. The van der Waals surface area contributed by atoms with E-state index in [-0.39, 0.29) is 0 Å². The molecule has 10 aromatic carbocycles. The van der Waals surface area contributed by atoms with Crippen LogP contribution in [0, 0.1) is 0 Å². The minimum Gasteiger partial charge on any atom is -0.456 e. The summed E-state index contributed by atoms with van der Waals surface area (Å²) < 4.78 is 9.08. The highest BCUT2D eigenvalue weighted by molar-refractivity contribution is 7.26. The molecule has 0 radical (unpaired) electrons. The zero-order valence-corrected chi connectivity index (χ0v) is 32.8. The Morgan fingerprint density at radius 2 is 0.898 bits per heavy atom. The summed E-state index contributed by atoms with van der Waals surface area (Å²) in [6.07, 6.45) is 0. The number of fused-ring (bicyclic) bond motifs is 10. The van der Waals surface area contributed by atoms with Crippen LogP contribution in [-0.4, -0.2) is 0 Å². The summed E-state index contributed by atoms with van der Waals surface area (Å²) in [4.78, 5) is 2.35. The molecule has 0 saturated heterocycles. The molecule has 0 N–H and O–H groups in total. The molecule has 0 spiro atoms. The lowest BCUT2D eigenvalue weighted by Crippen LogP contribution is -2.09. The van der Waals surface area contributed by atoms with Crippen LogP contribution in [0.5, 0.6) is 0 Å². The molecule has 2 nitrogen and oxygen atoms in total. The maximum atomic E-state index is 6.52.